The minimum atomic E-state index is -0.915. The van der Waals surface area contributed by atoms with Crippen LogP contribution in [0.15, 0.2) is 24.0 Å². The SMILES string of the molecule is CN1CCC23c4c5ccc(O)c4OC2C(OC(C)(C)C)=CC[C@@]3(O)[C@H]1C5. The van der Waals surface area contributed by atoms with Gasteiger partial charge in [-0.1, -0.05) is 6.07 Å². The molecule has 2 aliphatic heterocycles. The summed E-state index contributed by atoms with van der Waals surface area (Å²) in [6.07, 6.45) is 3.72. The lowest BCUT2D eigenvalue weighted by Gasteiger charge is -2.61. The number of ether oxygens (including phenoxy) is 2. The van der Waals surface area contributed by atoms with Gasteiger partial charge in [0, 0.05) is 18.0 Å². The van der Waals surface area contributed by atoms with Gasteiger partial charge in [-0.2, -0.15) is 0 Å². The summed E-state index contributed by atoms with van der Waals surface area (Å²) in [6, 6.07) is 3.75. The number of aromatic hydroxyl groups is 1. The summed E-state index contributed by atoms with van der Waals surface area (Å²) in [4.78, 5) is 2.28. The highest BCUT2D eigenvalue weighted by Crippen LogP contribution is 2.65. The lowest BCUT2D eigenvalue weighted by molar-refractivity contribution is -0.169. The highest BCUT2D eigenvalue weighted by molar-refractivity contribution is 5.63. The lowest BCUT2D eigenvalue weighted by atomic mass is 9.50. The van der Waals surface area contributed by atoms with Crippen LogP contribution < -0.4 is 4.74 Å². The molecule has 0 aromatic heterocycles. The van der Waals surface area contributed by atoms with E-state index in [0.29, 0.717) is 12.2 Å². The first-order valence-corrected chi connectivity index (χ1v) is 9.51. The molecule has 0 radical (unpaired) electrons. The van der Waals surface area contributed by atoms with E-state index >= 15 is 0 Å². The molecular formula is C21H27NO4. The summed E-state index contributed by atoms with van der Waals surface area (Å²) in [5.74, 6) is 1.48. The van der Waals surface area contributed by atoms with Crippen LogP contribution in [-0.2, 0) is 16.6 Å². The number of benzene rings is 1. The van der Waals surface area contributed by atoms with Gasteiger partial charge in [-0.05, 0) is 64.9 Å². The summed E-state index contributed by atoms with van der Waals surface area (Å²) < 4.78 is 12.6. The number of likely N-dealkylation sites (tertiary alicyclic amines) is 1. The molecule has 5 heteroatoms. The predicted octanol–water partition coefficient (Wildman–Crippen LogP) is 2.49. The molecule has 140 valence electrons. The van der Waals surface area contributed by atoms with Crippen molar-refractivity contribution in [3.63, 3.8) is 0 Å². The second kappa shape index (κ2) is 4.76. The van der Waals surface area contributed by atoms with Gasteiger partial charge in [-0.15, -0.1) is 0 Å². The van der Waals surface area contributed by atoms with Gasteiger partial charge < -0.3 is 24.6 Å². The Kier molecular flexibility index (Phi) is 3.01. The quantitative estimate of drug-likeness (QED) is 0.809. The smallest absolute Gasteiger partial charge is 0.168 e. The molecule has 0 amide bonds. The molecule has 26 heavy (non-hydrogen) atoms. The van der Waals surface area contributed by atoms with Crippen molar-refractivity contribution in [2.75, 3.05) is 13.6 Å². The molecule has 4 atom stereocenters. The molecule has 2 N–H and O–H groups in total. The van der Waals surface area contributed by atoms with Gasteiger partial charge in [0.05, 0.1) is 11.0 Å². The largest absolute Gasteiger partial charge is 0.504 e. The van der Waals surface area contributed by atoms with Crippen molar-refractivity contribution < 1.29 is 19.7 Å². The summed E-state index contributed by atoms with van der Waals surface area (Å²) in [7, 11) is 2.09. The van der Waals surface area contributed by atoms with Crippen molar-refractivity contribution in [2.45, 2.75) is 68.8 Å². The second-order valence-electron chi connectivity index (χ2n) is 9.32. The molecular weight excluding hydrogens is 330 g/mol. The highest BCUT2D eigenvalue weighted by Gasteiger charge is 2.72. The molecule has 2 bridgehead atoms. The normalized spacial score (nSPS) is 37.7. The Bertz CT molecular complexity index is 826. The van der Waals surface area contributed by atoms with Gasteiger partial charge >= 0.3 is 0 Å². The highest BCUT2D eigenvalue weighted by atomic mass is 16.6. The van der Waals surface area contributed by atoms with Gasteiger partial charge in [0.1, 0.15) is 11.4 Å². The summed E-state index contributed by atoms with van der Waals surface area (Å²) >= 11 is 0. The first kappa shape index (κ1) is 16.5. The maximum absolute atomic E-state index is 12.0. The van der Waals surface area contributed by atoms with Crippen molar-refractivity contribution in [2.24, 2.45) is 0 Å². The van der Waals surface area contributed by atoms with Crippen LogP contribution in [0.5, 0.6) is 11.5 Å². The molecule has 2 aliphatic carbocycles. The van der Waals surface area contributed by atoms with Gasteiger partial charge in [-0.25, -0.2) is 0 Å². The zero-order valence-corrected chi connectivity index (χ0v) is 15.9. The fourth-order valence-corrected chi connectivity index (χ4v) is 5.79. The Morgan fingerprint density at radius 1 is 1.31 bits per heavy atom. The Morgan fingerprint density at radius 3 is 2.81 bits per heavy atom. The topological polar surface area (TPSA) is 62.2 Å². The molecule has 1 fully saturated rings. The van der Waals surface area contributed by atoms with E-state index in [1.165, 1.54) is 5.56 Å². The fourth-order valence-electron chi connectivity index (χ4n) is 5.79. The standard InChI is InChI=1S/C21H27NO4/c1-19(2,3)26-14-7-8-21(24)15-11-12-5-6-13(23)17-16(12)20(21,18(14)25-17)9-10-22(15)4/h5-7,15,18,23-24H,8-11H2,1-4H3/t15-,18?,20?,21-/m1/s1. The zero-order chi connectivity index (χ0) is 18.5. The van der Waals surface area contributed by atoms with Crippen LogP contribution in [0.2, 0.25) is 0 Å². The maximum Gasteiger partial charge on any atom is 0.168 e. The van der Waals surface area contributed by atoms with E-state index in [1.807, 2.05) is 32.9 Å². The number of aliphatic hydroxyl groups is 1. The van der Waals surface area contributed by atoms with Crippen LogP contribution in [0.1, 0.15) is 44.7 Å². The Hall–Kier alpha value is -1.72. The van der Waals surface area contributed by atoms with Crippen LogP contribution in [-0.4, -0.2) is 52.1 Å². The zero-order valence-electron chi connectivity index (χ0n) is 15.9. The van der Waals surface area contributed by atoms with E-state index < -0.39 is 11.0 Å². The number of phenols is 1. The van der Waals surface area contributed by atoms with Gasteiger partial charge in [0.25, 0.3) is 0 Å². The molecule has 5 rings (SSSR count). The van der Waals surface area contributed by atoms with Crippen LogP contribution >= 0.6 is 0 Å². The number of hydrogen-bond donors (Lipinski definition) is 2. The van der Waals surface area contributed by atoms with E-state index in [4.69, 9.17) is 9.47 Å². The maximum atomic E-state index is 12.0. The number of hydrogen-bond acceptors (Lipinski definition) is 5. The molecule has 2 heterocycles. The number of piperidine rings is 1. The monoisotopic (exact) mass is 357 g/mol. The molecule has 2 unspecified atom stereocenters. The number of likely N-dealkylation sites (N-methyl/N-ethyl adjacent to an activating group) is 1. The predicted molar refractivity (Wildman–Crippen MR) is 97.4 cm³/mol. The van der Waals surface area contributed by atoms with Crippen molar-refractivity contribution in [3.8, 4) is 11.5 Å². The lowest BCUT2D eigenvalue weighted by Crippen LogP contribution is -2.74. The van der Waals surface area contributed by atoms with Crippen molar-refractivity contribution >= 4 is 0 Å². The Labute approximate surface area is 154 Å². The van der Waals surface area contributed by atoms with Crippen LogP contribution in [0.3, 0.4) is 0 Å². The first-order chi connectivity index (χ1) is 12.2. The van der Waals surface area contributed by atoms with E-state index in [2.05, 4.69) is 11.9 Å². The van der Waals surface area contributed by atoms with E-state index in [-0.39, 0.29) is 23.5 Å². The minimum absolute atomic E-state index is 0.0396. The van der Waals surface area contributed by atoms with Crippen molar-refractivity contribution in [1.29, 1.82) is 0 Å². The molecule has 0 saturated carbocycles. The average molecular weight is 357 g/mol. The van der Waals surface area contributed by atoms with Gasteiger partial charge in [0.2, 0.25) is 0 Å². The molecule has 1 spiro atoms. The fraction of sp³-hybridized carbons (Fsp3) is 0.619. The molecule has 5 nitrogen and oxygen atoms in total. The van der Waals surface area contributed by atoms with Gasteiger partial charge in [0.15, 0.2) is 17.6 Å². The van der Waals surface area contributed by atoms with Gasteiger partial charge in [-0.3, -0.25) is 0 Å². The minimum Gasteiger partial charge on any atom is -0.504 e. The molecule has 1 aromatic carbocycles. The number of rotatable bonds is 1. The Balaban J connectivity index is 1.77. The third-order valence-electron chi connectivity index (χ3n) is 6.78. The van der Waals surface area contributed by atoms with Crippen molar-refractivity contribution in [1.82, 2.24) is 4.90 Å². The van der Waals surface area contributed by atoms with Crippen LogP contribution in [0, 0.1) is 0 Å². The third kappa shape index (κ3) is 1.78. The third-order valence-corrected chi connectivity index (χ3v) is 6.78. The van der Waals surface area contributed by atoms with Crippen LogP contribution in [0.4, 0.5) is 0 Å². The number of nitrogens with zero attached hydrogens (tertiary/aromatic N) is 1. The first-order valence-electron chi connectivity index (χ1n) is 9.51. The second-order valence-corrected chi connectivity index (χ2v) is 9.32. The summed E-state index contributed by atoms with van der Waals surface area (Å²) in [6.45, 7) is 6.96. The average Bonchev–Trinajstić information content (AvgIpc) is 2.90. The molecule has 1 aromatic rings. The number of phenolic OH excluding ortho intramolecular Hbond substituents is 1. The van der Waals surface area contributed by atoms with Crippen LogP contribution in [0.25, 0.3) is 0 Å². The van der Waals surface area contributed by atoms with Crippen molar-refractivity contribution in [3.05, 3.63) is 35.1 Å². The van der Waals surface area contributed by atoms with E-state index in [9.17, 15) is 10.2 Å². The Morgan fingerprint density at radius 2 is 2.08 bits per heavy atom. The van der Waals surface area contributed by atoms with E-state index in [1.54, 1.807) is 6.07 Å². The summed E-state index contributed by atoms with van der Waals surface area (Å²) in [5.41, 5.74) is 0.374. The van der Waals surface area contributed by atoms with E-state index in [0.717, 1.165) is 30.7 Å². The molecule has 4 aliphatic rings. The summed E-state index contributed by atoms with van der Waals surface area (Å²) in [5, 5.41) is 22.5. The molecule has 1 saturated heterocycles.